The van der Waals surface area contributed by atoms with Crippen LogP contribution in [-0.4, -0.2) is 37.5 Å². The Morgan fingerprint density at radius 1 is 1.13 bits per heavy atom. The van der Waals surface area contributed by atoms with Gasteiger partial charge in [-0.1, -0.05) is 23.7 Å². The Morgan fingerprint density at radius 3 is 2.26 bits per heavy atom. The topological polar surface area (TPSA) is 62.6 Å². The lowest BCUT2D eigenvalue weighted by atomic mass is 10.1. The molecule has 0 aliphatic carbocycles. The molecule has 128 valence electrons. The Kier molecular flexibility index (Phi) is 8.06. The predicted octanol–water partition coefficient (Wildman–Crippen LogP) is 0.947. The Labute approximate surface area is 143 Å². The van der Waals surface area contributed by atoms with Crippen LogP contribution in [0.5, 0.6) is 0 Å². The first-order valence-corrected chi connectivity index (χ1v) is 8.37. The average Bonchev–Trinajstić information content (AvgIpc) is 2.45. The number of quaternary nitrogens is 1. The smallest absolute Gasteiger partial charge is 0.275 e. The van der Waals surface area contributed by atoms with Gasteiger partial charge in [-0.05, 0) is 45.4 Å². The minimum Gasteiger partial charge on any atom is -0.349 e. The molecule has 1 rings (SSSR count). The van der Waals surface area contributed by atoms with E-state index in [2.05, 4.69) is 10.6 Å². The van der Waals surface area contributed by atoms with Gasteiger partial charge in [-0.2, -0.15) is 0 Å². The lowest BCUT2D eigenvalue weighted by Gasteiger charge is -2.20. The highest BCUT2D eigenvalue weighted by molar-refractivity contribution is 6.30. The van der Waals surface area contributed by atoms with Gasteiger partial charge in [0.05, 0.1) is 12.6 Å². The van der Waals surface area contributed by atoms with Crippen molar-refractivity contribution in [1.29, 1.82) is 0 Å². The first-order valence-electron chi connectivity index (χ1n) is 7.99. The van der Waals surface area contributed by atoms with E-state index < -0.39 is 0 Å². The number of likely N-dealkylation sites (N-methyl/N-ethyl adjacent to an activating group) is 1. The number of nitrogens with one attached hydrogen (secondary N) is 3. The second-order valence-corrected chi connectivity index (χ2v) is 6.46. The van der Waals surface area contributed by atoms with Crippen LogP contribution < -0.4 is 15.5 Å². The van der Waals surface area contributed by atoms with Crippen molar-refractivity contribution in [2.45, 2.75) is 39.8 Å². The molecule has 1 aromatic rings. The van der Waals surface area contributed by atoms with E-state index in [1.165, 1.54) is 0 Å². The van der Waals surface area contributed by atoms with Gasteiger partial charge in [0.2, 0.25) is 0 Å². The molecule has 0 saturated carbocycles. The maximum Gasteiger partial charge on any atom is 0.275 e. The average molecular weight is 341 g/mol. The van der Waals surface area contributed by atoms with Gasteiger partial charge in [0, 0.05) is 11.1 Å². The zero-order valence-electron chi connectivity index (χ0n) is 14.3. The van der Waals surface area contributed by atoms with Gasteiger partial charge in [0.1, 0.15) is 0 Å². The normalized spacial score (nSPS) is 13.5. The standard InChI is InChI=1S/C17H26ClN3O2/c1-5-21(10-16(22)19-12(2)3)11-17(23)20-13(4)14-7-6-8-15(18)9-14/h6-9,12-13H,5,10-11H2,1-4H3,(H,19,22)(H,20,23)/p+1/t13-/m0/s1. The van der Waals surface area contributed by atoms with E-state index in [1.54, 1.807) is 6.07 Å². The number of hydrogen-bond donors (Lipinski definition) is 3. The van der Waals surface area contributed by atoms with Crippen LogP contribution in [0.1, 0.15) is 39.3 Å². The number of rotatable bonds is 8. The van der Waals surface area contributed by atoms with Gasteiger partial charge in [-0.25, -0.2) is 0 Å². The highest BCUT2D eigenvalue weighted by atomic mass is 35.5. The molecule has 2 amide bonds. The van der Waals surface area contributed by atoms with Gasteiger partial charge in [0.15, 0.2) is 13.1 Å². The Bertz CT molecular complexity index is 534. The van der Waals surface area contributed by atoms with Crippen molar-refractivity contribution >= 4 is 23.4 Å². The van der Waals surface area contributed by atoms with E-state index in [9.17, 15) is 9.59 Å². The quantitative estimate of drug-likeness (QED) is 0.659. The third-order valence-corrected chi connectivity index (χ3v) is 3.73. The molecule has 2 atom stereocenters. The van der Waals surface area contributed by atoms with E-state index in [1.807, 2.05) is 45.9 Å². The molecule has 0 aliphatic heterocycles. The van der Waals surface area contributed by atoms with Crippen LogP contribution in [0.15, 0.2) is 24.3 Å². The van der Waals surface area contributed by atoms with Crippen LogP contribution in [-0.2, 0) is 9.59 Å². The molecule has 0 saturated heterocycles. The summed E-state index contributed by atoms with van der Waals surface area (Å²) in [4.78, 5) is 24.9. The summed E-state index contributed by atoms with van der Waals surface area (Å²) in [6, 6.07) is 7.42. The van der Waals surface area contributed by atoms with Crippen molar-refractivity contribution in [2.75, 3.05) is 19.6 Å². The van der Waals surface area contributed by atoms with Gasteiger partial charge in [0.25, 0.3) is 11.8 Å². The van der Waals surface area contributed by atoms with Crippen molar-refractivity contribution in [2.24, 2.45) is 0 Å². The number of amides is 2. The fourth-order valence-corrected chi connectivity index (χ4v) is 2.49. The van der Waals surface area contributed by atoms with Crippen molar-refractivity contribution < 1.29 is 14.5 Å². The predicted molar refractivity (Wildman–Crippen MR) is 92.5 cm³/mol. The maximum atomic E-state index is 12.2. The summed E-state index contributed by atoms with van der Waals surface area (Å²) in [5.41, 5.74) is 0.960. The number of benzene rings is 1. The summed E-state index contributed by atoms with van der Waals surface area (Å²) >= 11 is 5.97. The van der Waals surface area contributed by atoms with Gasteiger partial charge < -0.3 is 15.5 Å². The lowest BCUT2D eigenvalue weighted by molar-refractivity contribution is -0.881. The fraction of sp³-hybridized carbons (Fsp3) is 0.529. The second kappa shape index (κ2) is 9.53. The van der Waals surface area contributed by atoms with Gasteiger partial charge in [-0.3, -0.25) is 9.59 Å². The monoisotopic (exact) mass is 340 g/mol. The summed E-state index contributed by atoms with van der Waals surface area (Å²) in [6.45, 7) is 9.00. The lowest BCUT2D eigenvalue weighted by Crippen LogP contribution is -3.14. The van der Waals surface area contributed by atoms with Crippen molar-refractivity contribution in [3.63, 3.8) is 0 Å². The highest BCUT2D eigenvalue weighted by Gasteiger charge is 2.18. The van der Waals surface area contributed by atoms with Crippen molar-refractivity contribution in [3.8, 4) is 0 Å². The molecule has 1 aromatic carbocycles. The van der Waals surface area contributed by atoms with Crippen molar-refractivity contribution in [1.82, 2.24) is 10.6 Å². The Hall–Kier alpha value is -1.59. The number of carbonyl (C=O) groups excluding carboxylic acids is 2. The summed E-state index contributed by atoms with van der Waals surface area (Å²) in [5.74, 6) is -0.112. The fourth-order valence-electron chi connectivity index (χ4n) is 2.29. The molecule has 0 bridgehead atoms. The van der Waals surface area contributed by atoms with E-state index in [-0.39, 0.29) is 30.4 Å². The first-order chi connectivity index (χ1) is 10.8. The zero-order valence-corrected chi connectivity index (χ0v) is 15.0. The van der Waals surface area contributed by atoms with E-state index in [0.717, 1.165) is 10.5 Å². The summed E-state index contributed by atoms with van der Waals surface area (Å²) in [5, 5.41) is 6.45. The zero-order chi connectivity index (χ0) is 17.4. The Balaban J connectivity index is 2.51. The molecule has 5 nitrogen and oxygen atoms in total. The second-order valence-electron chi connectivity index (χ2n) is 6.02. The van der Waals surface area contributed by atoms with Crippen LogP contribution in [0.2, 0.25) is 5.02 Å². The van der Waals surface area contributed by atoms with E-state index in [4.69, 9.17) is 11.6 Å². The Morgan fingerprint density at radius 2 is 1.74 bits per heavy atom. The third-order valence-electron chi connectivity index (χ3n) is 3.50. The molecule has 6 heteroatoms. The summed E-state index contributed by atoms with van der Waals surface area (Å²) < 4.78 is 0. The maximum absolute atomic E-state index is 12.2. The first kappa shape index (κ1) is 19.5. The van der Waals surface area contributed by atoms with Crippen molar-refractivity contribution in [3.05, 3.63) is 34.9 Å². The van der Waals surface area contributed by atoms with Crippen LogP contribution in [0.25, 0.3) is 0 Å². The number of halogens is 1. The van der Waals surface area contributed by atoms with Crippen LogP contribution in [0, 0.1) is 0 Å². The minimum absolute atomic E-state index is 0.0347. The largest absolute Gasteiger partial charge is 0.349 e. The third kappa shape index (κ3) is 7.48. The van der Waals surface area contributed by atoms with Crippen LogP contribution >= 0.6 is 11.6 Å². The summed E-state index contributed by atoms with van der Waals surface area (Å²) in [7, 11) is 0. The molecule has 3 N–H and O–H groups in total. The minimum atomic E-state index is -0.121. The summed E-state index contributed by atoms with van der Waals surface area (Å²) in [6.07, 6.45) is 0. The molecule has 0 fully saturated rings. The number of hydrogen-bond acceptors (Lipinski definition) is 2. The molecular formula is C17H27ClN3O2+. The molecule has 0 spiro atoms. The van der Waals surface area contributed by atoms with E-state index in [0.29, 0.717) is 18.1 Å². The molecule has 0 aromatic heterocycles. The highest BCUT2D eigenvalue weighted by Crippen LogP contribution is 2.16. The molecular weight excluding hydrogens is 314 g/mol. The van der Waals surface area contributed by atoms with E-state index >= 15 is 0 Å². The molecule has 0 aliphatic rings. The van der Waals surface area contributed by atoms with Gasteiger partial charge >= 0.3 is 0 Å². The van der Waals surface area contributed by atoms with Crippen LogP contribution in [0.4, 0.5) is 0 Å². The SMILES string of the molecule is CC[NH+](CC(=O)NC(C)C)CC(=O)N[C@@H](C)c1cccc(Cl)c1. The van der Waals surface area contributed by atoms with Crippen LogP contribution in [0.3, 0.4) is 0 Å². The molecule has 0 heterocycles. The number of carbonyl (C=O) groups is 2. The molecule has 0 radical (unpaired) electrons. The van der Waals surface area contributed by atoms with Gasteiger partial charge in [-0.15, -0.1) is 0 Å². The molecule has 1 unspecified atom stereocenters. The molecule has 23 heavy (non-hydrogen) atoms.